The zero-order valence-electron chi connectivity index (χ0n) is 14.2. The molecule has 0 aliphatic carbocycles. The monoisotopic (exact) mass is 353 g/mol. The van der Waals surface area contributed by atoms with Crippen LogP contribution in [-0.4, -0.2) is 54.9 Å². The van der Waals surface area contributed by atoms with E-state index in [9.17, 15) is 9.59 Å². The van der Waals surface area contributed by atoms with Crippen LogP contribution >= 0.6 is 11.8 Å². The standard InChI is InChI=1S/C17H23NO5S/c1-11-9-18(10-13(11)17(20)21)16(19)6-7-24-12-4-5-14(22-2)15(8-12)23-3/h4-5,8,11,13H,6-7,9-10H2,1-3H3,(H,20,21)/t11-,13-/m1/s1. The Balaban J connectivity index is 1.84. The summed E-state index contributed by atoms with van der Waals surface area (Å²) in [5.41, 5.74) is 0. The average Bonchev–Trinajstić information content (AvgIpc) is 2.96. The second-order valence-electron chi connectivity index (χ2n) is 5.84. The number of amides is 1. The molecule has 1 amide bonds. The van der Waals surface area contributed by atoms with E-state index in [2.05, 4.69) is 0 Å². The first-order valence-electron chi connectivity index (χ1n) is 7.81. The van der Waals surface area contributed by atoms with E-state index in [4.69, 9.17) is 14.6 Å². The van der Waals surface area contributed by atoms with Crippen LogP contribution in [0, 0.1) is 11.8 Å². The molecule has 24 heavy (non-hydrogen) atoms. The molecule has 0 radical (unpaired) electrons. The fraction of sp³-hybridized carbons (Fsp3) is 0.529. The number of aliphatic carboxylic acids is 1. The molecular weight excluding hydrogens is 330 g/mol. The van der Waals surface area contributed by atoms with Crippen molar-refractivity contribution in [2.45, 2.75) is 18.2 Å². The molecule has 0 saturated carbocycles. The molecule has 1 saturated heterocycles. The van der Waals surface area contributed by atoms with Gasteiger partial charge in [-0.3, -0.25) is 9.59 Å². The van der Waals surface area contributed by atoms with Gasteiger partial charge in [0.05, 0.1) is 20.1 Å². The number of ether oxygens (including phenoxy) is 2. The fourth-order valence-electron chi connectivity index (χ4n) is 2.81. The summed E-state index contributed by atoms with van der Waals surface area (Å²) in [6, 6.07) is 5.64. The molecule has 6 nitrogen and oxygen atoms in total. The Bertz CT molecular complexity index is 607. The maximum atomic E-state index is 12.2. The molecule has 1 heterocycles. The highest BCUT2D eigenvalue weighted by Crippen LogP contribution is 2.32. The highest BCUT2D eigenvalue weighted by molar-refractivity contribution is 7.99. The largest absolute Gasteiger partial charge is 0.493 e. The predicted molar refractivity (Wildman–Crippen MR) is 91.8 cm³/mol. The van der Waals surface area contributed by atoms with Crippen molar-refractivity contribution in [2.24, 2.45) is 11.8 Å². The zero-order valence-corrected chi connectivity index (χ0v) is 15.0. The van der Waals surface area contributed by atoms with E-state index in [1.807, 2.05) is 25.1 Å². The topological polar surface area (TPSA) is 76.1 Å². The van der Waals surface area contributed by atoms with Gasteiger partial charge in [0.2, 0.25) is 5.91 Å². The lowest BCUT2D eigenvalue weighted by molar-refractivity contribution is -0.142. The average molecular weight is 353 g/mol. The Hall–Kier alpha value is -1.89. The SMILES string of the molecule is COc1ccc(SCCC(=O)N2C[C@@H](C)[C@H](C(=O)O)C2)cc1OC. The Labute approximate surface area is 146 Å². The second kappa shape index (κ2) is 8.28. The highest BCUT2D eigenvalue weighted by atomic mass is 32.2. The summed E-state index contributed by atoms with van der Waals surface area (Å²) in [5.74, 6) is 0.709. The number of carbonyl (C=O) groups is 2. The minimum atomic E-state index is -0.822. The predicted octanol–water partition coefficient (Wildman–Crippen LogP) is 2.37. The number of thioether (sulfide) groups is 1. The van der Waals surface area contributed by atoms with Crippen molar-refractivity contribution in [3.63, 3.8) is 0 Å². The number of hydrogen-bond donors (Lipinski definition) is 1. The van der Waals surface area contributed by atoms with Crippen LogP contribution in [0.2, 0.25) is 0 Å². The molecule has 0 bridgehead atoms. The van der Waals surface area contributed by atoms with Crippen molar-refractivity contribution in [1.82, 2.24) is 4.90 Å². The van der Waals surface area contributed by atoms with Crippen molar-refractivity contribution in [3.8, 4) is 11.5 Å². The lowest BCUT2D eigenvalue weighted by atomic mass is 9.99. The fourth-order valence-corrected chi connectivity index (χ4v) is 3.68. The summed E-state index contributed by atoms with van der Waals surface area (Å²) in [5, 5.41) is 9.14. The third-order valence-electron chi connectivity index (χ3n) is 4.22. The van der Waals surface area contributed by atoms with E-state index in [1.54, 1.807) is 30.9 Å². The van der Waals surface area contributed by atoms with Gasteiger partial charge in [-0.1, -0.05) is 6.92 Å². The van der Waals surface area contributed by atoms with Crippen molar-refractivity contribution < 1.29 is 24.2 Å². The number of carbonyl (C=O) groups excluding carboxylic acids is 1. The van der Waals surface area contributed by atoms with Gasteiger partial charge in [-0.05, 0) is 24.1 Å². The van der Waals surface area contributed by atoms with Crippen molar-refractivity contribution in [3.05, 3.63) is 18.2 Å². The second-order valence-corrected chi connectivity index (χ2v) is 7.00. The Morgan fingerprint density at radius 2 is 1.96 bits per heavy atom. The molecule has 1 aliphatic rings. The quantitative estimate of drug-likeness (QED) is 0.759. The molecular formula is C17H23NO5S. The van der Waals surface area contributed by atoms with Gasteiger partial charge >= 0.3 is 5.97 Å². The summed E-state index contributed by atoms with van der Waals surface area (Å²) in [4.78, 5) is 26.0. The molecule has 1 fully saturated rings. The smallest absolute Gasteiger partial charge is 0.308 e. The summed E-state index contributed by atoms with van der Waals surface area (Å²) in [6.45, 7) is 2.72. The highest BCUT2D eigenvalue weighted by Gasteiger charge is 2.36. The van der Waals surface area contributed by atoms with Gasteiger partial charge in [-0.15, -0.1) is 11.8 Å². The number of nitrogens with zero attached hydrogens (tertiary/aromatic N) is 1. The third-order valence-corrected chi connectivity index (χ3v) is 5.22. The maximum Gasteiger partial charge on any atom is 0.308 e. The van der Waals surface area contributed by atoms with Gasteiger partial charge in [0.25, 0.3) is 0 Å². The number of rotatable bonds is 7. The lowest BCUT2D eigenvalue weighted by Gasteiger charge is -2.15. The van der Waals surface area contributed by atoms with Crippen molar-refractivity contribution >= 4 is 23.6 Å². The van der Waals surface area contributed by atoms with Gasteiger partial charge in [-0.2, -0.15) is 0 Å². The normalized spacial score (nSPS) is 20.0. The van der Waals surface area contributed by atoms with Crippen LogP contribution in [0.15, 0.2) is 23.1 Å². The van der Waals surface area contributed by atoms with Crippen LogP contribution < -0.4 is 9.47 Å². The Morgan fingerprint density at radius 1 is 1.25 bits per heavy atom. The van der Waals surface area contributed by atoms with E-state index in [0.29, 0.717) is 36.8 Å². The van der Waals surface area contributed by atoms with E-state index in [-0.39, 0.29) is 11.8 Å². The first kappa shape index (κ1) is 18.4. The van der Waals surface area contributed by atoms with Crippen LogP contribution in [0.3, 0.4) is 0 Å². The lowest BCUT2D eigenvalue weighted by Crippen LogP contribution is -2.30. The number of likely N-dealkylation sites (tertiary alicyclic amines) is 1. The number of methoxy groups -OCH3 is 2. The molecule has 2 atom stereocenters. The van der Waals surface area contributed by atoms with E-state index < -0.39 is 11.9 Å². The van der Waals surface area contributed by atoms with Crippen molar-refractivity contribution in [2.75, 3.05) is 33.1 Å². The van der Waals surface area contributed by atoms with Gasteiger partial charge in [-0.25, -0.2) is 0 Å². The minimum Gasteiger partial charge on any atom is -0.493 e. The molecule has 1 aromatic rings. The van der Waals surface area contributed by atoms with Crippen LogP contribution in [0.5, 0.6) is 11.5 Å². The van der Waals surface area contributed by atoms with E-state index in [1.165, 1.54) is 0 Å². The number of hydrogen-bond acceptors (Lipinski definition) is 5. The minimum absolute atomic E-state index is 0.00459. The Morgan fingerprint density at radius 3 is 2.54 bits per heavy atom. The first-order valence-corrected chi connectivity index (χ1v) is 8.80. The summed E-state index contributed by atoms with van der Waals surface area (Å²) in [7, 11) is 3.17. The van der Waals surface area contributed by atoms with Crippen LogP contribution in [-0.2, 0) is 9.59 Å². The van der Waals surface area contributed by atoms with E-state index >= 15 is 0 Å². The first-order chi connectivity index (χ1) is 11.5. The van der Waals surface area contributed by atoms with E-state index in [0.717, 1.165) is 4.90 Å². The molecule has 1 N–H and O–H groups in total. The van der Waals surface area contributed by atoms with Gasteiger partial charge < -0.3 is 19.5 Å². The summed E-state index contributed by atoms with van der Waals surface area (Å²) < 4.78 is 10.5. The third kappa shape index (κ3) is 4.35. The number of carboxylic acids is 1. The zero-order chi connectivity index (χ0) is 17.7. The molecule has 0 unspecified atom stereocenters. The maximum absolute atomic E-state index is 12.2. The number of benzene rings is 1. The molecule has 0 aromatic heterocycles. The molecule has 7 heteroatoms. The molecule has 1 aromatic carbocycles. The summed E-state index contributed by atoms with van der Waals surface area (Å²) in [6.07, 6.45) is 0.387. The van der Waals surface area contributed by atoms with Crippen LogP contribution in [0.1, 0.15) is 13.3 Å². The van der Waals surface area contributed by atoms with Gasteiger partial charge in [0.15, 0.2) is 11.5 Å². The van der Waals surface area contributed by atoms with Crippen LogP contribution in [0.25, 0.3) is 0 Å². The molecule has 2 rings (SSSR count). The summed E-state index contributed by atoms with van der Waals surface area (Å²) >= 11 is 1.56. The van der Waals surface area contributed by atoms with Crippen LogP contribution in [0.4, 0.5) is 0 Å². The molecule has 1 aliphatic heterocycles. The number of carboxylic acid groups (broad SMARTS) is 1. The molecule has 0 spiro atoms. The van der Waals surface area contributed by atoms with Crippen molar-refractivity contribution in [1.29, 1.82) is 0 Å². The molecule has 132 valence electrons. The Kier molecular flexibility index (Phi) is 6.36. The van der Waals surface area contributed by atoms with Gasteiger partial charge in [0, 0.05) is 30.2 Å². The van der Waals surface area contributed by atoms with Gasteiger partial charge in [0.1, 0.15) is 0 Å².